The van der Waals surface area contributed by atoms with Gasteiger partial charge in [-0.25, -0.2) is 0 Å². The van der Waals surface area contributed by atoms with E-state index < -0.39 is 5.91 Å². The summed E-state index contributed by atoms with van der Waals surface area (Å²) in [7, 11) is 0. The van der Waals surface area contributed by atoms with Crippen LogP contribution in [0.2, 0.25) is 5.02 Å². The maximum absolute atomic E-state index is 12.4. The fraction of sp³-hybridized carbons (Fsp3) is 0.391. The molecule has 6 nitrogen and oxygen atoms in total. The molecule has 2 aromatic rings. The minimum atomic E-state index is -0.457. The summed E-state index contributed by atoms with van der Waals surface area (Å²) in [6, 6.07) is 15.3. The molecule has 0 aromatic heterocycles. The zero-order chi connectivity index (χ0) is 21.1. The number of carbonyl (C=O) groups excluding carboxylic acids is 2. The standard InChI is InChI=1S/C23H26ClN3O3/c24-16-7-5-15(6-8-16)14-27-18-9-10-19(27)12-17(11-18)26-22(29)13-25-23(30)20-3-1-2-4-21(20)28/h1-8,17-19,28H,9-14H2,(H,25,30)(H,26,29)/t17?,18-,19+. The van der Waals surface area contributed by atoms with Gasteiger partial charge in [-0.2, -0.15) is 0 Å². The first-order valence-corrected chi connectivity index (χ1v) is 10.7. The highest BCUT2D eigenvalue weighted by Crippen LogP contribution is 2.37. The summed E-state index contributed by atoms with van der Waals surface area (Å²) in [5.74, 6) is -0.754. The van der Waals surface area contributed by atoms with Crippen LogP contribution in [0.1, 0.15) is 41.6 Å². The second-order valence-corrected chi connectivity index (χ2v) is 8.56. The van der Waals surface area contributed by atoms with Crippen molar-refractivity contribution in [2.45, 2.75) is 50.4 Å². The summed E-state index contributed by atoms with van der Waals surface area (Å²) < 4.78 is 0. The van der Waals surface area contributed by atoms with Gasteiger partial charge in [0.25, 0.3) is 5.91 Å². The monoisotopic (exact) mass is 427 g/mol. The van der Waals surface area contributed by atoms with E-state index in [4.69, 9.17) is 11.6 Å². The quantitative estimate of drug-likeness (QED) is 0.661. The smallest absolute Gasteiger partial charge is 0.255 e. The van der Waals surface area contributed by atoms with Crippen molar-refractivity contribution in [3.05, 3.63) is 64.7 Å². The molecule has 2 heterocycles. The van der Waals surface area contributed by atoms with Crippen LogP contribution in [0, 0.1) is 0 Å². The van der Waals surface area contributed by atoms with Gasteiger partial charge in [0.1, 0.15) is 5.75 Å². The summed E-state index contributed by atoms with van der Waals surface area (Å²) in [4.78, 5) is 27.1. The van der Waals surface area contributed by atoms with Crippen LogP contribution in [0.25, 0.3) is 0 Å². The number of rotatable bonds is 6. The second kappa shape index (κ2) is 9.06. The largest absolute Gasteiger partial charge is 0.507 e. The number of fused-ring (bicyclic) bond motifs is 2. The molecule has 0 spiro atoms. The molecule has 158 valence electrons. The number of nitrogens with zero attached hydrogens (tertiary/aromatic N) is 1. The normalized spacial score (nSPS) is 23.2. The number of nitrogens with one attached hydrogen (secondary N) is 2. The molecule has 2 bridgehead atoms. The highest BCUT2D eigenvalue weighted by Gasteiger charge is 2.40. The van der Waals surface area contributed by atoms with E-state index in [2.05, 4.69) is 27.7 Å². The Morgan fingerprint density at radius 1 is 1.03 bits per heavy atom. The third-order valence-corrected chi connectivity index (χ3v) is 6.34. The summed E-state index contributed by atoms with van der Waals surface area (Å²) in [5, 5.41) is 16.1. The minimum Gasteiger partial charge on any atom is -0.507 e. The topological polar surface area (TPSA) is 81.7 Å². The van der Waals surface area contributed by atoms with Gasteiger partial charge in [0.05, 0.1) is 12.1 Å². The first-order chi connectivity index (χ1) is 14.5. The number of halogens is 1. The average Bonchev–Trinajstić information content (AvgIpc) is 2.96. The molecule has 7 heteroatoms. The molecule has 1 unspecified atom stereocenters. The Kier molecular flexibility index (Phi) is 6.25. The number of amides is 2. The Bertz CT molecular complexity index is 904. The van der Waals surface area contributed by atoms with Gasteiger partial charge in [0.2, 0.25) is 5.91 Å². The Morgan fingerprint density at radius 2 is 1.70 bits per heavy atom. The van der Waals surface area contributed by atoms with E-state index in [0.717, 1.165) is 37.3 Å². The minimum absolute atomic E-state index is 0.0972. The van der Waals surface area contributed by atoms with Crippen LogP contribution in [-0.4, -0.2) is 46.5 Å². The number of phenolic OH excluding ortho intramolecular Hbond substituents is 1. The number of benzene rings is 2. The van der Waals surface area contributed by atoms with Crippen molar-refractivity contribution in [2.75, 3.05) is 6.54 Å². The van der Waals surface area contributed by atoms with E-state index in [1.807, 2.05) is 12.1 Å². The molecule has 30 heavy (non-hydrogen) atoms. The van der Waals surface area contributed by atoms with E-state index in [9.17, 15) is 14.7 Å². The lowest BCUT2D eigenvalue weighted by Gasteiger charge is -2.39. The SMILES string of the molecule is O=C(CNC(=O)c1ccccc1O)NC1C[C@H]2CC[C@@H](C1)N2Cc1ccc(Cl)cc1. The molecule has 2 aliphatic heterocycles. The first kappa shape index (κ1) is 20.7. The van der Waals surface area contributed by atoms with Crippen molar-refractivity contribution in [3.8, 4) is 5.75 Å². The molecule has 2 fully saturated rings. The highest BCUT2D eigenvalue weighted by molar-refractivity contribution is 6.30. The third kappa shape index (κ3) is 4.77. The van der Waals surface area contributed by atoms with Crippen LogP contribution in [0.4, 0.5) is 0 Å². The maximum Gasteiger partial charge on any atom is 0.255 e. The zero-order valence-electron chi connectivity index (χ0n) is 16.7. The molecule has 0 radical (unpaired) electrons. The van der Waals surface area contributed by atoms with E-state index in [-0.39, 0.29) is 29.8 Å². The van der Waals surface area contributed by atoms with Crippen LogP contribution in [0.3, 0.4) is 0 Å². The molecule has 0 saturated carbocycles. The third-order valence-electron chi connectivity index (χ3n) is 6.09. The molecule has 3 atom stereocenters. The Hall–Kier alpha value is -2.57. The Morgan fingerprint density at radius 3 is 2.37 bits per heavy atom. The van der Waals surface area contributed by atoms with Crippen molar-refractivity contribution in [1.29, 1.82) is 0 Å². The molecule has 0 aliphatic carbocycles. The van der Waals surface area contributed by atoms with Crippen LogP contribution in [0.15, 0.2) is 48.5 Å². The van der Waals surface area contributed by atoms with Gasteiger partial charge in [-0.3, -0.25) is 14.5 Å². The van der Waals surface area contributed by atoms with E-state index in [0.29, 0.717) is 12.1 Å². The lowest BCUT2D eigenvalue weighted by atomic mass is 9.96. The van der Waals surface area contributed by atoms with Gasteiger partial charge in [0.15, 0.2) is 0 Å². The summed E-state index contributed by atoms with van der Waals surface area (Å²) in [6.45, 7) is 0.803. The molecule has 2 aromatic carbocycles. The van der Waals surface area contributed by atoms with Crippen LogP contribution >= 0.6 is 11.6 Å². The number of carbonyl (C=O) groups is 2. The second-order valence-electron chi connectivity index (χ2n) is 8.12. The van der Waals surface area contributed by atoms with Crippen molar-refractivity contribution < 1.29 is 14.7 Å². The van der Waals surface area contributed by atoms with Crippen molar-refractivity contribution in [2.24, 2.45) is 0 Å². The van der Waals surface area contributed by atoms with Gasteiger partial charge in [-0.15, -0.1) is 0 Å². The van der Waals surface area contributed by atoms with E-state index in [1.54, 1.807) is 12.1 Å². The van der Waals surface area contributed by atoms with Crippen LogP contribution in [-0.2, 0) is 11.3 Å². The van der Waals surface area contributed by atoms with E-state index >= 15 is 0 Å². The van der Waals surface area contributed by atoms with Crippen LogP contribution < -0.4 is 10.6 Å². The van der Waals surface area contributed by atoms with Gasteiger partial charge in [0, 0.05) is 29.7 Å². The van der Waals surface area contributed by atoms with Gasteiger partial charge in [-0.05, 0) is 55.5 Å². The Balaban J connectivity index is 1.26. The lowest BCUT2D eigenvalue weighted by molar-refractivity contribution is -0.121. The highest BCUT2D eigenvalue weighted by atomic mass is 35.5. The van der Waals surface area contributed by atoms with Crippen molar-refractivity contribution in [3.63, 3.8) is 0 Å². The average molecular weight is 428 g/mol. The predicted octanol–water partition coefficient (Wildman–Crippen LogP) is 3.09. The van der Waals surface area contributed by atoms with Gasteiger partial charge >= 0.3 is 0 Å². The van der Waals surface area contributed by atoms with Crippen molar-refractivity contribution in [1.82, 2.24) is 15.5 Å². The summed E-state index contributed by atoms with van der Waals surface area (Å²) in [6.07, 6.45) is 4.13. The van der Waals surface area contributed by atoms with Crippen LogP contribution in [0.5, 0.6) is 5.75 Å². The predicted molar refractivity (Wildman–Crippen MR) is 115 cm³/mol. The van der Waals surface area contributed by atoms with Gasteiger partial charge < -0.3 is 15.7 Å². The zero-order valence-corrected chi connectivity index (χ0v) is 17.4. The molecule has 2 amide bonds. The number of aromatic hydroxyl groups is 1. The number of piperidine rings is 1. The summed E-state index contributed by atoms with van der Waals surface area (Å²) >= 11 is 5.99. The van der Waals surface area contributed by atoms with Crippen molar-refractivity contribution >= 4 is 23.4 Å². The number of phenols is 1. The number of hydrogen-bond acceptors (Lipinski definition) is 4. The molecular weight excluding hydrogens is 402 g/mol. The van der Waals surface area contributed by atoms with Gasteiger partial charge in [-0.1, -0.05) is 35.9 Å². The molecular formula is C23H26ClN3O3. The molecule has 2 saturated heterocycles. The molecule has 2 aliphatic rings. The number of hydrogen-bond donors (Lipinski definition) is 3. The fourth-order valence-electron chi connectivity index (χ4n) is 4.65. The first-order valence-electron chi connectivity index (χ1n) is 10.4. The molecule has 4 rings (SSSR count). The lowest BCUT2D eigenvalue weighted by Crippen LogP contribution is -2.51. The summed E-state index contributed by atoms with van der Waals surface area (Å²) in [5.41, 5.74) is 1.42. The fourth-order valence-corrected chi connectivity index (χ4v) is 4.78. The number of para-hydroxylation sites is 1. The maximum atomic E-state index is 12.4. The van der Waals surface area contributed by atoms with E-state index in [1.165, 1.54) is 17.7 Å². The Labute approximate surface area is 181 Å². The molecule has 3 N–H and O–H groups in total.